The van der Waals surface area contributed by atoms with Crippen LogP contribution in [0, 0.1) is 0 Å². The van der Waals surface area contributed by atoms with Crippen molar-refractivity contribution < 1.29 is 9.90 Å². The number of amides is 2. The van der Waals surface area contributed by atoms with Gasteiger partial charge in [0.25, 0.3) is 0 Å². The molecule has 1 heterocycles. The van der Waals surface area contributed by atoms with Crippen molar-refractivity contribution in [2.75, 3.05) is 18.5 Å². The summed E-state index contributed by atoms with van der Waals surface area (Å²) in [6.07, 6.45) is 3.79. The predicted octanol–water partition coefficient (Wildman–Crippen LogP) is 3.22. The zero-order valence-electron chi connectivity index (χ0n) is 10.8. The fourth-order valence-electron chi connectivity index (χ4n) is 2.47. The van der Waals surface area contributed by atoms with E-state index in [0.717, 1.165) is 36.0 Å². The Morgan fingerprint density at radius 1 is 1.42 bits per heavy atom. The molecule has 0 radical (unpaired) electrons. The highest BCUT2D eigenvalue weighted by molar-refractivity contribution is 9.10. The van der Waals surface area contributed by atoms with Crippen molar-refractivity contribution in [2.45, 2.75) is 31.7 Å². The van der Waals surface area contributed by atoms with Gasteiger partial charge in [0.1, 0.15) is 0 Å². The molecule has 1 fully saturated rings. The lowest BCUT2D eigenvalue weighted by atomic mass is 10.0. The highest BCUT2D eigenvalue weighted by Crippen LogP contribution is 2.24. The number of carbonyl (C=O) groups is 1. The topological polar surface area (TPSA) is 52.6 Å². The van der Waals surface area contributed by atoms with E-state index in [9.17, 15) is 4.79 Å². The molecule has 2 N–H and O–H groups in total. The van der Waals surface area contributed by atoms with Gasteiger partial charge in [0.05, 0.1) is 5.69 Å². The van der Waals surface area contributed by atoms with Crippen LogP contribution in [0.15, 0.2) is 28.7 Å². The van der Waals surface area contributed by atoms with Gasteiger partial charge in [0.2, 0.25) is 0 Å². The van der Waals surface area contributed by atoms with Crippen molar-refractivity contribution in [1.82, 2.24) is 4.90 Å². The van der Waals surface area contributed by atoms with Gasteiger partial charge in [-0.15, -0.1) is 0 Å². The highest BCUT2D eigenvalue weighted by atomic mass is 79.9. The number of nitrogens with zero attached hydrogens (tertiary/aromatic N) is 1. The van der Waals surface area contributed by atoms with E-state index in [1.54, 1.807) is 0 Å². The van der Waals surface area contributed by atoms with Crippen LogP contribution in [-0.4, -0.2) is 35.2 Å². The molecule has 0 spiro atoms. The number of aliphatic hydroxyl groups excluding tert-OH is 1. The molecular weight excluding hydrogens is 308 g/mol. The number of carbonyl (C=O) groups excluding carboxylic acids is 1. The Bertz CT molecular complexity index is 437. The largest absolute Gasteiger partial charge is 0.396 e. The SMILES string of the molecule is O=C(Nc1ccccc1Br)N1CCCCC1CCO. The molecule has 1 aromatic carbocycles. The summed E-state index contributed by atoms with van der Waals surface area (Å²) in [5.41, 5.74) is 0.779. The molecule has 0 aromatic heterocycles. The molecule has 2 rings (SSSR count). The standard InChI is InChI=1S/C14H19BrN2O2/c15-12-6-1-2-7-13(12)16-14(19)17-9-4-3-5-11(17)8-10-18/h1-2,6-7,11,18H,3-5,8-10H2,(H,16,19). The average molecular weight is 327 g/mol. The Kier molecular flexibility index (Phi) is 5.22. The minimum absolute atomic E-state index is 0.0787. The number of benzene rings is 1. The summed E-state index contributed by atoms with van der Waals surface area (Å²) in [4.78, 5) is 14.2. The molecule has 1 unspecified atom stereocenters. The smallest absolute Gasteiger partial charge is 0.322 e. The molecule has 1 aromatic rings. The molecule has 104 valence electrons. The van der Waals surface area contributed by atoms with Gasteiger partial charge in [-0.2, -0.15) is 0 Å². The number of likely N-dealkylation sites (tertiary alicyclic amines) is 1. The van der Waals surface area contributed by atoms with Crippen LogP contribution in [0.4, 0.5) is 10.5 Å². The Morgan fingerprint density at radius 3 is 2.95 bits per heavy atom. The molecule has 1 saturated heterocycles. The van der Waals surface area contributed by atoms with Crippen LogP contribution in [0.2, 0.25) is 0 Å². The summed E-state index contributed by atoms with van der Waals surface area (Å²) in [6, 6.07) is 7.65. The Labute approximate surface area is 121 Å². The second-order valence-electron chi connectivity index (χ2n) is 4.77. The monoisotopic (exact) mass is 326 g/mol. The van der Waals surface area contributed by atoms with Gasteiger partial charge in [0, 0.05) is 23.7 Å². The van der Waals surface area contributed by atoms with Crippen molar-refractivity contribution in [1.29, 1.82) is 0 Å². The van der Waals surface area contributed by atoms with Crippen LogP contribution < -0.4 is 5.32 Å². The Morgan fingerprint density at radius 2 is 2.21 bits per heavy atom. The summed E-state index contributed by atoms with van der Waals surface area (Å²) < 4.78 is 0.874. The lowest BCUT2D eigenvalue weighted by molar-refractivity contribution is 0.141. The van der Waals surface area contributed by atoms with Crippen LogP contribution in [0.25, 0.3) is 0 Å². The third-order valence-electron chi connectivity index (χ3n) is 3.47. The van der Waals surface area contributed by atoms with Crippen LogP contribution >= 0.6 is 15.9 Å². The summed E-state index contributed by atoms with van der Waals surface area (Å²) >= 11 is 3.42. The minimum Gasteiger partial charge on any atom is -0.396 e. The highest BCUT2D eigenvalue weighted by Gasteiger charge is 2.26. The number of piperidine rings is 1. The lowest BCUT2D eigenvalue weighted by Crippen LogP contribution is -2.46. The zero-order valence-corrected chi connectivity index (χ0v) is 12.4. The maximum Gasteiger partial charge on any atom is 0.322 e. The first-order chi connectivity index (χ1) is 9.22. The molecule has 2 amide bonds. The molecule has 4 nitrogen and oxygen atoms in total. The van der Waals surface area contributed by atoms with Gasteiger partial charge in [-0.3, -0.25) is 0 Å². The first-order valence-electron chi connectivity index (χ1n) is 6.65. The summed E-state index contributed by atoms with van der Waals surface area (Å²) in [7, 11) is 0. The van der Waals surface area contributed by atoms with Crippen molar-refractivity contribution >= 4 is 27.6 Å². The number of hydrogen-bond donors (Lipinski definition) is 2. The van der Waals surface area contributed by atoms with E-state index < -0.39 is 0 Å². The molecule has 5 heteroatoms. The van der Waals surface area contributed by atoms with Crippen LogP contribution in [0.5, 0.6) is 0 Å². The molecular formula is C14H19BrN2O2. The first-order valence-corrected chi connectivity index (χ1v) is 7.44. The minimum atomic E-state index is -0.0787. The summed E-state index contributed by atoms with van der Waals surface area (Å²) in [5, 5.41) is 12.0. The van der Waals surface area contributed by atoms with Gasteiger partial charge in [0.15, 0.2) is 0 Å². The number of nitrogens with one attached hydrogen (secondary N) is 1. The van der Waals surface area contributed by atoms with Crippen LogP contribution in [-0.2, 0) is 0 Å². The fraction of sp³-hybridized carbons (Fsp3) is 0.500. The van der Waals surface area contributed by atoms with Crippen LogP contribution in [0.1, 0.15) is 25.7 Å². The van der Waals surface area contributed by atoms with E-state index >= 15 is 0 Å². The predicted molar refractivity (Wildman–Crippen MR) is 79.2 cm³/mol. The summed E-state index contributed by atoms with van der Waals surface area (Å²) in [5.74, 6) is 0. The van der Waals surface area contributed by atoms with Gasteiger partial charge >= 0.3 is 6.03 Å². The Balaban J connectivity index is 2.03. The van der Waals surface area contributed by atoms with Crippen molar-refractivity contribution in [3.05, 3.63) is 28.7 Å². The van der Waals surface area contributed by atoms with E-state index in [1.807, 2.05) is 29.2 Å². The number of aliphatic hydroxyl groups is 1. The summed E-state index contributed by atoms with van der Waals surface area (Å²) in [6.45, 7) is 0.893. The van der Waals surface area contributed by atoms with Crippen LogP contribution in [0.3, 0.4) is 0 Å². The first kappa shape index (κ1) is 14.3. The molecule has 0 bridgehead atoms. The number of anilines is 1. The average Bonchev–Trinajstić information content (AvgIpc) is 2.42. The van der Waals surface area contributed by atoms with E-state index in [0.29, 0.717) is 6.42 Å². The fourth-order valence-corrected chi connectivity index (χ4v) is 2.85. The van der Waals surface area contributed by atoms with Crippen molar-refractivity contribution in [3.8, 4) is 0 Å². The maximum absolute atomic E-state index is 12.3. The lowest BCUT2D eigenvalue weighted by Gasteiger charge is -2.35. The quantitative estimate of drug-likeness (QED) is 0.896. The number of hydrogen-bond acceptors (Lipinski definition) is 2. The molecule has 1 aliphatic heterocycles. The van der Waals surface area contributed by atoms with Crippen molar-refractivity contribution in [2.24, 2.45) is 0 Å². The third-order valence-corrected chi connectivity index (χ3v) is 4.16. The van der Waals surface area contributed by atoms with E-state index in [1.165, 1.54) is 0 Å². The van der Waals surface area contributed by atoms with E-state index in [4.69, 9.17) is 5.11 Å². The molecule has 1 atom stereocenters. The van der Waals surface area contributed by atoms with Gasteiger partial charge in [-0.25, -0.2) is 4.79 Å². The molecule has 0 saturated carbocycles. The third kappa shape index (κ3) is 3.70. The number of urea groups is 1. The van der Waals surface area contributed by atoms with Gasteiger partial charge in [-0.05, 0) is 53.7 Å². The molecule has 1 aliphatic rings. The number of para-hydroxylation sites is 1. The number of rotatable bonds is 3. The normalized spacial score (nSPS) is 19.3. The van der Waals surface area contributed by atoms with Crippen molar-refractivity contribution in [3.63, 3.8) is 0 Å². The second kappa shape index (κ2) is 6.91. The van der Waals surface area contributed by atoms with E-state index in [-0.39, 0.29) is 18.7 Å². The number of halogens is 1. The zero-order chi connectivity index (χ0) is 13.7. The van der Waals surface area contributed by atoms with E-state index in [2.05, 4.69) is 21.2 Å². The molecule has 19 heavy (non-hydrogen) atoms. The second-order valence-corrected chi connectivity index (χ2v) is 5.62. The van der Waals surface area contributed by atoms with Gasteiger partial charge < -0.3 is 15.3 Å². The van der Waals surface area contributed by atoms with Gasteiger partial charge in [-0.1, -0.05) is 12.1 Å². The Hall–Kier alpha value is -1.07. The molecule has 0 aliphatic carbocycles. The maximum atomic E-state index is 12.3.